The lowest BCUT2D eigenvalue weighted by Gasteiger charge is -1.92. The van der Waals surface area contributed by atoms with Crippen LogP contribution < -0.4 is 0 Å². The first-order valence-electron chi connectivity index (χ1n) is 3.63. The fourth-order valence-corrected chi connectivity index (χ4v) is 0.785. The van der Waals surface area contributed by atoms with Crippen molar-refractivity contribution < 1.29 is 4.79 Å². The Bertz CT molecular complexity index is 318. The quantitative estimate of drug-likeness (QED) is 0.480. The van der Waals surface area contributed by atoms with Crippen molar-refractivity contribution in [3.05, 3.63) is 35.9 Å². The molecule has 0 bridgehead atoms. The largest absolute Gasteiger partial charge is 0.256 e. The van der Waals surface area contributed by atoms with Gasteiger partial charge in [-0.3, -0.25) is 4.99 Å². The van der Waals surface area contributed by atoms with Crippen molar-refractivity contribution >= 4 is 17.8 Å². The van der Waals surface area contributed by atoms with Crippen LogP contribution >= 0.6 is 0 Å². The summed E-state index contributed by atoms with van der Waals surface area (Å²) in [5.74, 6) is 1.63. The van der Waals surface area contributed by atoms with Crippen LogP contribution in [-0.4, -0.2) is 12.2 Å². The molecule has 1 aromatic carbocycles. The van der Waals surface area contributed by atoms with E-state index in [1.807, 2.05) is 31.2 Å². The second-order valence-electron chi connectivity index (χ2n) is 2.40. The van der Waals surface area contributed by atoms with Crippen LogP contribution in [0.4, 0.5) is 5.69 Å². The van der Waals surface area contributed by atoms with E-state index in [1.165, 1.54) is 17.9 Å². The molecule has 0 aliphatic rings. The van der Waals surface area contributed by atoms with Crippen molar-refractivity contribution in [1.82, 2.24) is 0 Å². The second kappa shape index (κ2) is 4.27. The van der Waals surface area contributed by atoms with Gasteiger partial charge in [0.05, 0.1) is 5.69 Å². The number of aryl methyl sites for hydroxylation is 1. The number of benzene rings is 1. The van der Waals surface area contributed by atoms with Crippen LogP contribution in [0.15, 0.2) is 35.3 Å². The Labute approximate surface area is 71.3 Å². The summed E-state index contributed by atoms with van der Waals surface area (Å²) in [6, 6.07) is 7.73. The van der Waals surface area contributed by atoms with Crippen LogP contribution in [0.1, 0.15) is 5.56 Å². The third kappa shape index (κ3) is 2.52. The Balaban J connectivity index is 2.77. The molecule has 0 spiro atoms. The van der Waals surface area contributed by atoms with Gasteiger partial charge in [-0.15, -0.1) is 0 Å². The Morgan fingerprint density at radius 1 is 1.33 bits per heavy atom. The summed E-state index contributed by atoms with van der Waals surface area (Å²) >= 11 is 0. The molecule has 0 unspecified atom stereocenters. The van der Waals surface area contributed by atoms with Gasteiger partial charge in [0.15, 0.2) is 0 Å². The molecule has 12 heavy (non-hydrogen) atoms. The molecule has 0 N–H and O–H groups in total. The zero-order valence-corrected chi connectivity index (χ0v) is 6.82. The predicted octanol–water partition coefficient (Wildman–Crippen LogP) is 2.09. The molecule has 1 aromatic rings. The zero-order valence-electron chi connectivity index (χ0n) is 6.82. The molecule has 0 saturated heterocycles. The first-order chi connectivity index (χ1) is 5.83. The van der Waals surface area contributed by atoms with Gasteiger partial charge in [0, 0.05) is 12.3 Å². The molecule has 1 rings (SSSR count). The molecule has 0 amide bonds. The molecule has 2 heteroatoms. The first kappa shape index (κ1) is 8.44. The van der Waals surface area contributed by atoms with Gasteiger partial charge < -0.3 is 0 Å². The maximum absolute atomic E-state index is 9.78. The number of rotatable bonds is 2. The lowest BCUT2D eigenvalue weighted by atomic mass is 10.2. The molecule has 0 aliphatic heterocycles. The molecule has 0 saturated carbocycles. The Morgan fingerprint density at radius 2 is 2.00 bits per heavy atom. The highest BCUT2D eigenvalue weighted by Crippen LogP contribution is 2.11. The minimum atomic E-state index is 0.840. The fourth-order valence-electron chi connectivity index (χ4n) is 0.785. The van der Waals surface area contributed by atoms with Crippen molar-refractivity contribution in [2.75, 3.05) is 0 Å². The second-order valence-corrected chi connectivity index (χ2v) is 2.40. The van der Waals surface area contributed by atoms with E-state index in [-0.39, 0.29) is 0 Å². The maximum Gasteiger partial charge on any atom is 0.126 e. The minimum Gasteiger partial charge on any atom is -0.256 e. The van der Waals surface area contributed by atoms with Crippen LogP contribution in [0, 0.1) is 6.92 Å². The molecule has 0 fully saturated rings. The predicted molar refractivity (Wildman–Crippen MR) is 49.6 cm³/mol. The third-order valence-electron chi connectivity index (χ3n) is 1.40. The van der Waals surface area contributed by atoms with E-state index in [2.05, 4.69) is 4.99 Å². The lowest BCUT2D eigenvalue weighted by molar-refractivity contribution is 0.569. The number of aliphatic imine (C=N–C) groups is 1. The molecule has 0 heterocycles. The smallest absolute Gasteiger partial charge is 0.126 e. The Morgan fingerprint density at radius 3 is 2.58 bits per heavy atom. The van der Waals surface area contributed by atoms with E-state index in [1.54, 1.807) is 5.94 Å². The van der Waals surface area contributed by atoms with Crippen LogP contribution in [-0.2, 0) is 4.79 Å². The Kier molecular flexibility index (Phi) is 3.00. The van der Waals surface area contributed by atoms with E-state index in [9.17, 15) is 4.79 Å². The zero-order chi connectivity index (χ0) is 8.81. The van der Waals surface area contributed by atoms with E-state index in [0.717, 1.165) is 5.69 Å². The molecular formula is C10H9NO. The van der Waals surface area contributed by atoms with Crippen molar-refractivity contribution in [3.63, 3.8) is 0 Å². The van der Waals surface area contributed by atoms with E-state index >= 15 is 0 Å². The highest BCUT2D eigenvalue weighted by Gasteiger charge is 1.84. The summed E-state index contributed by atoms with van der Waals surface area (Å²) in [6.07, 6.45) is 2.66. The third-order valence-corrected chi connectivity index (χ3v) is 1.40. The number of carbonyl (C=O) groups excluding carboxylic acids is 1. The van der Waals surface area contributed by atoms with Crippen LogP contribution in [0.5, 0.6) is 0 Å². The maximum atomic E-state index is 9.78. The van der Waals surface area contributed by atoms with Crippen LogP contribution in [0.2, 0.25) is 0 Å². The average Bonchev–Trinajstić information content (AvgIpc) is 2.09. The molecule has 0 atom stereocenters. The van der Waals surface area contributed by atoms with Gasteiger partial charge in [-0.1, -0.05) is 17.7 Å². The fraction of sp³-hybridized carbons (Fsp3) is 0.100. The van der Waals surface area contributed by atoms with Crippen molar-refractivity contribution in [2.24, 2.45) is 4.99 Å². The minimum absolute atomic E-state index is 0.840. The van der Waals surface area contributed by atoms with Gasteiger partial charge >= 0.3 is 0 Å². The summed E-state index contributed by atoms with van der Waals surface area (Å²) in [5.41, 5.74) is 2.03. The van der Waals surface area contributed by atoms with Gasteiger partial charge in [0.25, 0.3) is 0 Å². The SMILES string of the molecule is Cc1ccc(N=CC=C=O)cc1. The highest BCUT2D eigenvalue weighted by molar-refractivity contribution is 5.83. The van der Waals surface area contributed by atoms with Gasteiger partial charge in [0.1, 0.15) is 5.94 Å². The summed E-state index contributed by atoms with van der Waals surface area (Å²) < 4.78 is 0. The average molecular weight is 159 g/mol. The van der Waals surface area contributed by atoms with Gasteiger partial charge in [-0.25, -0.2) is 4.79 Å². The standard InChI is InChI=1S/C10H9NO/c1-9-3-5-10(6-4-9)11-7-2-8-12/h2-7H,1H3. The van der Waals surface area contributed by atoms with E-state index < -0.39 is 0 Å². The summed E-state index contributed by atoms with van der Waals surface area (Å²) in [5, 5.41) is 0. The lowest BCUT2D eigenvalue weighted by Crippen LogP contribution is -1.69. The Hall–Kier alpha value is -1.66. The van der Waals surface area contributed by atoms with Crippen molar-refractivity contribution in [2.45, 2.75) is 6.92 Å². The topological polar surface area (TPSA) is 29.4 Å². The van der Waals surface area contributed by atoms with Crippen LogP contribution in [0.3, 0.4) is 0 Å². The summed E-state index contributed by atoms with van der Waals surface area (Å²) in [7, 11) is 0. The molecular weight excluding hydrogens is 150 g/mol. The number of nitrogens with zero attached hydrogens (tertiary/aromatic N) is 1. The highest BCUT2D eigenvalue weighted by atomic mass is 16.1. The molecule has 0 radical (unpaired) electrons. The van der Waals surface area contributed by atoms with E-state index in [0.29, 0.717) is 0 Å². The van der Waals surface area contributed by atoms with Crippen molar-refractivity contribution in [3.8, 4) is 0 Å². The molecule has 0 aromatic heterocycles. The summed E-state index contributed by atoms with van der Waals surface area (Å²) in [6.45, 7) is 2.01. The monoisotopic (exact) mass is 159 g/mol. The number of allylic oxidation sites excluding steroid dienone is 1. The molecule has 60 valence electrons. The molecule has 0 aliphatic carbocycles. The van der Waals surface area contributed by atoms with Gasteiger partial charge in [0.2, 0.25) is 0 Å². The first-order valence-corrected chi connectivity index (χ1v) is 3.63. The number of hydrogen-bond acceptors (Lipinski definition) is 2. The van der Waals surface area contributed by atoms with Gasteiger partial charge in [-0.2, -0.15) is 0 Å². The normalized spacial score (nSPS) is 9.75. The number of hydrogen-bond donors (Lipinski definition) is 0. The van der Waals surface area contributed by atoms with E-state index in [4.69, 9.17) is 0 Å². The van der Waals surface area contributed by atoms with Crippen molar-refractivity contribution in [1.29, 1.82) is 0 Å². The summed E-state index contributed by atoms with van der Waals surface area (Å²) in [4.78, 5) is 13.8. The van der Waals surface area contributed by atoms with Gasteiger partial charge in [-0.05, 0) is 19.1 Å². The van der Waals surface area contributed by atoms with Crippen LogP contribution in [0.25, 0.3) is 0 Å². The molecule has 2 nitrogen and oxygen atoms in total.